The maximum absolute atomic E-state index is 12.3. The minimum absolute atomic E-state index is 0.613. The Labute approximate surface area is 269 Å². The molecule has 47 heavy (non-hydrogen) atoms. The van der Waals surface area contributed by atoms with Gasteiger partial charge in [0.05, 0.1) is 25.4 Å². The lowest BCUT2D eigenvalue weighted by molar-refractivity contribution is -0.391. The Balaban J connectivity index is 1.71. The number of carbonyl (C=O) groups excluding carboxylic acids is 1. The fourth-order valence-electron chi connectivity index (χ4n) is 5.99. The summed E-state index contributed by atoms with van der Waals surface area (Å²) in [5, 5.41) is 107. The first kappa shape index (κ1) is 38.6. The Morgan fingerprint density at radius 2 is 1.04 bits per heavy atom. The molecule has 0 aromatic carbocycles. The van der Waals surface area contributed by atoms with Gasteiger partial charge in [0.25, 0.3) is 0 Å². The third-order valence-electron chi connectivity index (χ3n) is 8.74. The second kappa shape index (κ2) is 16.2. The third kappa shape index (κ3) is 8.06. The van der Waals surface area contributed by atoms with Crippen LogP contribution in [0, 0.1) is 0 Å². The van der Waals surface area contributed by atoms with Crippen molar-refractivity contribution in [3.63, 3.8) is 0 Å². The number of hydrogen-bond acceptors (Lipinski definition) is 19. The van der Waals surface area contributed by atoms with Crippen LogP contribution in [0.15, 0.2) is 0 Å². The van der Waals surface area contributed by atoms with Gasteiger partial charge in [-0.2, -0.15) is 0 Å². The topological polar surface area (TPSA) is 305 Å². The van der Waals surface area contributed by atoms with E-state index in [0.29, 0.717) is 0 Å². The van der Waals surface area contributed by atoms with Crippen molar-refractivity contribution < 1.29 is 93.8 Å². The summed E-state index contributed by atoms with van der Waals surface area (Å²) in [6.07, 6.45) is -29.9. The van der Waals surface area contributed by atoms with E-state index in [1.165, 1.54) is 27.9 Å². The van der Waals surface area contributed by atoms with Crippen molar-refractivity contribution in [1.82, 2.24) is 5.32 Å². The van der Waals surface area contributed by atoms with E-state index in [1.54, 1.807) is 0 Å². The van der Waals surface area contributed by atoms with E-state index in [0.717, 1.165) is 0 Å². The van der Waals surface area contributed by atoms with Crippen molar-refractivity contribution in [3.05, 3.63) is 0 Å². The van der Waals surface area contributed by atoms with Gasteiger partial charge >= 0.3 is 0 Å². The molecule has 1 amide bonds. The Bertz CT molecular complexity index is 1010. The lowest BCUT2D eigenvalue weighted by atomic mass is 9.94. The molecule has 20 nitrogen and oxygen atoms in total. The van der Waals surface area contributed by atoms with Crippen LogP contribution in [0.1, 0.15) is 20.8 Å². The lowest BCUT2D eigenvalue weighted by Crippen LogP contribution is -2.70. The van der Waals surface area contributed by atoms with Gasteiger partial charge in [-0.05, 0) is 13.8 Å². The quantitative estimate of drug-likeness (QED) is 0.102. The van der Waals surface area contributed by atoms with Gasteiger partial charge in [0.1, 0.15) is 85.4 Å². The van der Waals surface area contributed by atoms with E-state index >= 15 is 0 Å². The smallest absolute Gasteiger partial charge is 0.217 e. The molecule has 11 N–H and O–H groups in total. The molecule has 4 rings (SSSR count). The highest BCUT2D eigenvalue weighted by Gasteiger charge is 2.56. The molecule has 20 heteroatoms. The molecule has 0 saturated carbocycles. The number of rotatable bonds is 10. The summed E-state index contributed by atoms with van der Waals surface area (Å²) >= 11 is 0. The summed E-state index contributed by atoms with van der Waals surface area (Å²) in [6.45, 7) is 2.38. The van der Waals surface area contributed by atoms with Crippen LogP contribution < -0.4 is 5.32 Å². The molecular weight excluding hydrogens is 642 g/mol. The van der Waals surface area contributed by atoms with Crippen LogP contribution >= 0.6 is 0 Å². The zero-order valence-electron chi connectivity index (χ0n) is 26.1. The van der Waals surface area contributed by atoms with Gasteiger partial charge in [-0.25, -0.2) is 0 Å². The van der Waals surface area contributed by atoms with Crippen LogP contribution in [-0.2, 0) is 42.7 Å². The number of nitrogens with one attached hydrogen (secondary N) is 1. The number of methoxy groups -OCH3 is 1. The summed E-state index contributed by atoms with van der Waals surface area (Å²) in [7, 11) is 1.23. The molecule has 0 aromatic heterocycles. The number of aliphatic hydroxyl groups is 10. The molecule has 20 atom stereocenters. The summed E-state index contributed by atoms with van der Waals surface area (Å²) in [5.41, 5.74) is 0. The van der Waals surface area contributed by atoms with Crippen LogP contribution in [0.25, 0.3) is 0 Å². The molecule has 4 aliphatic heterocycles. The summed E-state index contributed by atoms with van der Waals surface area (Å²) in [4.78, 5) is 12.3. The van der Waals surface area contributed by atoms with Crippen LogP contribution in [0.5, 0.6) is 0 Å². The van der Waals surface area contributed by atoms with Crippen molar-refractivity contribution in [3.8, 4) is 0 Å². The first-order valence-corrected chi connectivity index (χ1v) is 15.2. The van der Waals surface area contributed by atoms with Gasteiger partial charge in [-0.15, -0.1) is 0 Å². The molecule has 0 unspecified atom stereocenters. The highest BCUT2D eigenvalue weighted by Crippen LogP contribution is 2.35. The first-order valence-electron chi connectivity index (χ1n) is 15.2. The van der Waals surface area contributed by atoms with Crippen molar-refractivity contribution >= 4 is 5.91 Å². The lowest BCUT2D eigenvalue weighted by Gasteiger charge is -2.51. The summed E-state index contributed by atoms with van der Waals surface area (Å²) in [5.74, 6) is -0.613. The second-order valence-corrected chi connectivity index (χ2v) is 12.1. The fourth-order valence-corrected chi connectivity index (χ4v) is 5.99. The molecule has 4 fully saturated rings. The van der Waals surface area contributed by atoms with Gasteiger partial charge in [0.15, 0.2) is 25.2 Å². The second-order valence-electron chi connectivity index (χ2n) is 12.1. The third-order valence-corrected chi connectivity index (χ3v) is 8.74. The van der Waals surface area contributed by atoms with Crippen LogP contribution in [0.3, 0.4) is 0 Å². The molecule has 0 spiro atoms. The molecule has 0 bridgehead atoms. The SMILES string of the molecule is CO[C@@H]1O[C@H](CO)[C@@H](O[C@@H]2O[C@@H](C)[C@@H](O)[C@@H](O)[C@@H]2O)[C@H](O[C@@H]2O[C@H](CO)[C@H](O)[C@H](O)[C@H]2O[C@@H]2O[C@@H](C)[C@@H](O)[C@@H](O)[C@@H]2O)[C@H]1NC(C)=O. The number of hydrogen-bond donors (Lipinski definition) is 11. The molecular formula is C27H47NO19. The molecule has 0 aromatic rings. The van der Waals surface area contributed by atoms with Crippen LogP contribution in [-0.4, -0.2) is 200 Å². The van der Waals surface area contributed by atoms with E-state index < -0.39 is 142 Å². The highest BCUT2D eigenvalue weighted by molar-refractivity contribution is 5.73. The molecule has 274 valence electrons. The Kier molecular flexibility index (Phi) is 13.3. The first-order chi connectivity index (χ1) is 22.1. The van der Waals surface area contributed by atoms with Gasteiger partial charge in [-0.3, -0.25) is 4.79 Å². The summed E-state index contributed by atoms with van der Waals surface area (Å²) in [6, 6.07) is -1.30. The predicted molar refractivity (Wildman–Crippen MR) is 147 cm³/mol. The average molecular weight is 690 g/mol. The maximum atomic E-state index is 12.3. The fraction of sp³-hybridized carbons (Fsp3) is 0.963. The van der Waals surface area contributed by atoms with E-state index in [2.05, 4.69) is 5.32 Å². The highest BCUT2D eigenvalue weighted by atomic mass is 16.8. The van der Waals surface area contributed by atoms with E-state index in [-0.39, 0.29) is 0 Å². The standard InChI is InChI=1S/C27H47NO19/c1-7-13(32)16(35)19(38)25(41-7)45-21-11(6-30)44-24(40-4)12(28-9(3)31)22(21)46-27-23(18(37)15(34)10(5-29)43-27)47-26-20(39)17(36)14(33)8(2)42-26/h7-8,10-27,29-30,32-39H,5-6H2,1-4H3,(H,28,31)/t7-,8-,10+,11+,12+,13+,14+,15-,16+,17+,18-,19-,20-,21+,22+,23+,24+,25-,26-,27-/m0/s1. The monoisotopic (exact) mass is 689 g/mol. The normalized spacial score (nSPS) is 51.0. The van der Waals surface area contributed by atoms with Gasteiger partial charge in [0.2, 0.25) is 5.91 Å². The number of aliphatic hydroxyl groups excluding tert-OH is 10. The van der Waals surface area contributed by atoms with Crippen molar-refractivity contribution in [1.29, 1.82) is 0 Å². The largest absolute Gasteiger partial charge is 0.394 e. The summed E-state index contributed by atoms with van der Waals surface area (Å²) < 4.78 is 46.0. The average Bonchev–Trinajstić information content (AvgIpc) is 3.04. The van der Waals surface area contributed by atoms with Gasteiger partial charge < -0.3 is 94.3 Å². The number of ether oxygens (including phenoxy) is 8. The molecule has 4 aliphatic rings. The number of carbonyl (C=O) groups is 1. The molecule has 4 saturated heterocycles. The van der Waals surface area contributed by atoms with E-state index in [9.17, 15) is 55.9 Å². The van der Waals surface area contributed by atoms with Crippen LogP contribution in [0.4, 0.5) is 0 Å². The van der Waals surface area contributed by atoms with E-state index in [4.69, 9.17) is 37.9 Å². The molecule has 0 radical (unpaired) electrons. The zero-order chi connectivity index (χ0) is 34.9. The maximum Gasteiger partial charge on any atom is 0.217 e. The van der Waals surface area contributed by atoms with Gasteiger partial charge in [-0.1, -0.05) is 0 Å². The molecule has 4 heterocycles. The van der Waals surface area contributed by atoms with Crippen LogP contribution in [0.2, 0.25) is 0 Å². The predicted octanol–water partition coefficient (Wildman–Crippen LogP) is -6.90. The zero-order valence-corrected chi connectivity index (χ0v) is 26.1. The Morgan fingerprint density at radius 1 is 0.574 bits per heavy atom. The Morgan fingerprint density at radius 3 is 1.51 bits per heavy atom. The van der Waals surface area contributed by atoms with Gasteiger partial charge in [0, 0.05) is 14.0 Å². The number of amides is 1. The van der Waals surface area contributed by atoms with Crippen molar-refractivity contribution in [2.45, 2.75) is 144 Å². The van der Waals surface area contributed by atoms with Crippen molar-refractivity contribution in [2.75, 3.05) is 20.3 Å². The minimum atomic E-state index is -1.90. The Hall–Kier alpha value is -1.25. The van der Waals surface area contributed by atoms with E-state index in [1.807, 2.05) is 0 Å². The van der Waals surface area contributed by atoms with Crippen molar-refractivity contribution in [2.24, 2.45) is 0 Å². The minimum Gasteiger partial charge on any atom is -0.394 e. The molecule has 0 aliphatic carbocycles.